The average molecular weight is 381 g/mol. The van der Waals surface area contributed by atoms with Gasteiger partial charge in [0.2, 0.25) is 0 Å². The number of carbonyl (C=O) groups excluding carboxylic acids is 1. The number of methoxy groups -OCH3 is 1. The van der Waals surface area contributed by atoms with Crippen LogP contribution in [-0.2, 0) is 4.79 Å². The molecular weight excluding hydrogens is 370 g/mol. The fraction of sp³-hybridized carbons (Fsp3) is 0.0625. The maximum Gasteiger partial charge on any atom is 0.256 e. The van der Waals surface area contributed by atoms with E-state index in [1.165, 1.54) is 7.11 Å². The Kier molecular flexibility index (Phi) is 3.85. The Hall–Kier alpha value is -1.98. The molecule has 0 saturated heterocycles. The van der Waals surface area contributed by atoms with Gasteiger partial charge in [-0.2, -0.15) is 0 Å². The summed E-state index contributed by atoms with van der Waals surface area (Å²) in [4.78, 5) is 12.1. The smallest absolute Gasteiger partial charge is 0.256 e. The maximum absolute atomic E-state index is 12.1. The third-order valence-electron chi connectivity index (χ3n) is 3.35. The fourth-order valence-electron chi connectivity index (χ4n) is 2.31. The van der Waals surface area contributed by atoms with E-state index in [0.717, 1.165) is 11.1 Å². The largest absolute Gasteiger partial charge is 0.503 e. The highest BCUT2D eigenvalue weighted by atomic mass is 79.9. The third kappa shape index (κ3) is 2.58. The average Bonchev–Trinajstić information content (AvgIpc) is 2.77. The van der Waals surface area contributed by atoms with Gasteiger partial charge >= 0.3 is 0 Å². The molecule has 2 N–H and O–H groups in total. The molecule has 0 saturated carbocycles. The summed E-state index contributed by atoms with van der Waals surface area (Å²) in [5.41, 5.74) is 2.74. The van der Waals surface area contributed by atoms with E-state index in [1.807, 2.05) is 0 Å². The van der Waals surface area contributed by atoms with Crippen molar-refractivity contribution in [1.29, 1.82) is 0 Å². The lowest BCUT2D eigenvalue weighted by molar-refractivity contribution is -0.110. The van der Waals surface area contributed by atoms with Crippen LogP contribution in [0.1, 0.15) is 11.1 Å². The Bertz CT molecular complexity index is 817. The van der Waals surface area contributed by atoms with Gasteiger partial charge < -0.3 is 15.2 Å². The Balaban J connectivity index is 2.10. The minimum Gasteiger partial charge on any atom is -0.503 e. The molecule has 1 heterocycles. The molecule has 3 rings (SSSR count). The number of aromatic hydroxyl groups is 1. The van der Waals surface area contributed by atoms with Crippen molar-refractivity contribution >= 4 is 50.8 Å². The zero-order chi connectivity index (χ0) is 15.9. The van der Waals surface area contributed by atoms with Gasteiger partial charge in [-0.05, 0) is 51.8 Å². The summed E-state index contributed by atoms with van der Waals surface area (Å²) in [7, 11) is 1.47. The van der Waals surface area contributed by atoms with Crippen LogP contribution in [0.5, 0.6) is 11.5 Å². The number of hydrogen-bond acceptors (Lipinski definition) is 3. The van der Waals surface area contributed by atoms with E-state index < -0.39 is 0 Å². The summed E-state index contributed by atoms with van der Waals surface area (Å²) in [5, 5.41) is 13.2. The van der Waals surface area contributed by atoms with Crippen molar-refractivity contribution in [2.75, 3.05) is 12.4 Å². The topological polar surface area (TPSA) is 58.6 Å². The second kappa shape index (κ2) is 5.66. The second-order valence-electron chi connectivity index (χ2n) is 4.76. The van der Waals surface area contributed by atoms with Gasteiger partial charge in [0.15, 0.2) is 11.5 Å². The number of halogens is 2. The van der Waals surface area contributed by atoms with Gasteiger partial charge in [-0.15, -0.1) is 0 Å². The lowest BCUT2D eigenvalue weighted by Crippen LogP contribution is -2.03. The predicted molar refractivity (Wildman–Crippen MR) is 90.3 cm³/mol. The first-order chi connectivity index (χ1) is 10.5. The summed E-state index contributed by atoms with van der Waals surface area (Å²) in [5.74, 6) is 0.157. The number of nitrogens with one attached hydrogen (secondary N) is 1. The number of hydrogen-bond donors (Lipinski definition) is 2. The van der Waals surface area contributed by atoms with E-state index in [2.05, 4.69) is 21.2 Å². The molecule has 0 aliphatic carbocycles. The van der Waals surface area contributed by atoms with Gasteiger partial charge in [-0.1, -0.05) is 17.7 Å². The molecule has 112 valence electrons. The summed E-state index contributed by atoms with van der Waals surface area (Å²) in [6.45, 7) is 0. The molecule has 4 nitrogen and oxygen atoms in total. The van der Waals surface area contributed by atoms with Crippen molar-refractivity contribution in [1.82, 2.24) is 0 Å². The molecule has 0 aromatic heterocycles. The summed E-state index contributed by atoms with van der Waals surface area (Å²) in [6, 6.07) is 8.62. The number of anilines is 1. The zero-order valence-corrected chi connectivity index (χ0v) is 13.8. The Morgan fingerprint density at radius 2 is 2.09 bits per heavy atom. The molecule has 0 unspecified atom stereocenters. The highest BCUT2D eigenvalue weighted by Gasteiger charge is 2.24. The van der Waals surface area contributed by atoms with E-state index in [4.69, 9.17) is 16.3 Å². The maximum atomic E-state index is 12.1. The van der Waals surface area contributed by atoms with Crippen LogP contribution in [0.15, 0.2) is 34.8 Å². The van der Waals surface area contributed by atoms with Crippen LogP contribution in [0, 0.1) is 0 Å². The van der Waals surface area contributed by atoms with Crippen molar-refractivity contribution < 1.29 is 14.6 Å². The van der Waals surface area contributed by atoms with Gasteiger partial charge in [0.05, 0.1) is 17.3 Å². The van der Waals surface area contributed by atoms with Crippen molar-refractivity contribution in [3.05, 3.63) is 51.0 Å². The van der Waals surface area contributed by atoms with Gasteiger partial charge in [0, 0.05) is 16.2 Å². The second-order valence-corrected chi connectivity index (χ2v) is 6.05. The number of phenolic OH excluding ortho intramolecular Hbond substituents is 1. The van der Waals surface area contributed by atoms with Gasteiger partial charge in [0.25, 0.3) is 5.91 Å². The summed E-state index contributed by atoms with van der Waals surface area (Å²) >= 11 is 9.20. The number of phenols is 1. The quantitative estimate of drug-likeness (QED) is 0.763. The minimum atomic E-state index is -0.194. The van der Waals surface area contributed by atoms with Crippen LogP contribution in [0.2, 0.25) is 5.02 Å². The van der Waals surface area contributed by atoms with Gasteiger partial charge in [-0.3, -0.25) is 4.79 Å². The molecule has 1 aliphatic heterocycles. The van der Waals surface area contributed by atoms with Crippen molar-refractivity contribution in [2.45, 2.75) is 0 Å². The standard InChI is InChI=1S/C16H11BrClNO3/c1-22-14-6-8(5-12(17)15(14)20)4-11-10-3-2-9(18)7-13(10)19-16(11)21/h2-7,20H,1H3,(H,19,21). The first-order valence-electron chi connectivity index (χ1n) is 6.39. The molecular formula is C16H11BrClNO3. The van der Waals surface area contributed by atoms with E-state index >= 15 is 0 Å². The number of amides is 1. The number of ether oxygens (including phenoxy) is 1. The highest BCUT2D eigenvalue weighted by Crippen LogP contribution is 2.38. The van der Waals surface area contributed by atoms with Crippen molar-refractivity contribution in [3.8, 4) is 11.5 Å². The summed E-state index contributed by atoms with van der Waals surface area (Å²) < 4.78 is 5.61. The lowest BCUT2D eigenvalue weighted by Gasteiger charge is -2.07. The predicted octanol–water partition coefficient (Wildman–Crippen LogP) is 4.31. The number of fused-ring (bicyclic) bond motifs is 1. The van der Waals surface area contributed by atoms with Crippen LogP contribution in [0.4, 0.5) is 5.69 Å². The first-order valence-corrected chi connectivity index (χ1v) is 7.56. The molecule has 1 amide bonds. The number of rotatable bonds is 2. The highest BCUT2D eigenvalue weighted by molar-refractivity contribution is 9.10. The molecule has 0 spiro atoms. The van der Waals surface area contributed by atoms with Crippen LogP contribution in [0.3, 0.4) is 0 Å². The Morgan fingerprint density at radius 3 is 2.82 bits per heavy atom. The molecule has 0 atom stereocenters. The van der Waals surface area contributed by atoms with E-state index in [9.17, 15) is 9.90 Å². The SMILES string of the molecule is COc1cc(C=C2C(=O)Nc3cc(Cl)ccc32)cc(Br)c1O. The van der Waals surface area contributed by atoms with Gasteiger partial charge in [-0.25, -0.2) is 0 Å². The molecule has 22 heavy (non-hydrogen) atoms. The Morgan fingerprint density at radius 1 is 1.32 bits per heavy atom. The van der Waals surface area contributed by atoms with Crippen molar-refractivity contribution in [2.24, 2.45) is 0 Å². The third-order valence-corrected chi connectivity index (χ3v) is 4.19. The van der Waals surface area contributed by atoms with Gasteiger partial charge in [0.1, 0.15) is 0 Å². The normalized spacial score (nSPS) is 14.9. The monoisotopic (exact) mass is 379 g/mol. The van der Waals surface area contributed by atoms with Crippen LogP contribution in [-0.4, -0.2) is 18.1 Å². The van der Waals surface area contributed by atoms with Crippen LogP contribution >= 0.6 is 27.5 Å². The Labute approximate surface area is 140 Å². The molecule has 2 aromatic rings. The number of benzene rings is 2. The molecule has 1 aliphatic rings. The molecule has 2 aromatic carbocycles. The van der Waals surface area contributed by atoms with Crippen LogP contribution in [0.25, 0.3) is 11.6 Å². The van der Waals surface area contributed by atoms with E-state index in [-0.39, 0.29) is 11.7 Å². The molecule has 0 radical (unpaired) electrons. The zero-order valence-electron chi connectivity index (χ0n) is 11.5. The van der Waals surface area contributed by atoms with Crippen LogP contribution < -0.4 is 10.1 Å². The fourth-order valence-corrected chi connectivity index (χ4v) is 2.94. The lowest BCUT2D eigenvalue weighted by atomic mass is 10.0. The van der Waals surface area contributed by atoms with Crippen molar-refractivity contribution in [3.63, 3.8) is 0 Å². The first kappa shape index (κ1) is 14.9. The number of carbonyl (C=O) groups is 1. The van der Waals surface area contributed by atoms with E-state index in [0.29, 0.717) is 26.5 Å². The molecule has 6 heteroatoms. The summed E-state index contributed by atoms with van der Waals surface area (Å²) in [6.07, 6.45) is 1.74. The van der Waals surface area contributed by atoms with E-state index in [1.54, 1.807) is 36.4 Å². The molecule has 0 bridgehead atoms. The minimum absolute atomic E-state index is 0.0210. The molecule has 0 fully saturated rings.